The Morgan fingerprint density at radius 3 is 2.64 bits per heavy atom. The lowest BCUT2D eigenvalue weighted by atomic mass is 10.1. The molecule has 0 aliphatic carbocycles. The van der Waals surface area contributed by atoms with Gasteiger partial charge in [-0.15, -0.1) is 0 Å². The zero-order valence-corrected chi connectivity index (χ0v) is 12.5. The number of benzene rings is 1. The lowest BCUT2D eigenvalue weighted by Crippen LogP contribution is -2.19. The SMILES string of the molecule is Cc1ccc2cc(CNc3c(C)cc[nH]c3=O)c(=O)[nH]c2c1. The van der Waals surface area contributed by atoms with E-state index < -0.39 is 0 Å². The van der Waals surface area contributed by atoms with Gasteiger partial charge in [-0.3, -0.25) is 9.59 Å². The number of hydrogen-bond acceptors (Lipinski definition) is 3. The van der Waals surface area contributed by atoms with Gasteiger partial charge in [-0.05, 0) is 48.6 Å². The molecule has 0 fully saturated rings. The second kappa shape index (κ2) is 5.52. The molecule has 3 N–H and O–H groups in total. The van der Waals surface area contributed by atoms with Crippen molar-refractivity contribution in [2.75, 3.05) is 5.32 Å². The number of aromatic nitrogens is 2. The van der Waals surface area contributed by atoms with E-state index in [0.29, 0.717) is 17.8 Å². The fourth-order valence-corrected chi connectivity index (χ4v) is 2.47. The second-order valence-electron chi connectivity index (χ2n) is 5.43. The summed E-state index contributed by atoms with van der Waals surface area (Å²) in [4.78, 5) is 29.5. The topological polar surface area (TPSA) is 77.8 Å². The van der Waals surface area contributed by atoms with Gasteiger partial charge in [-0.1, -0.05) is 12.1 Å². The third-order valence-electron chi connectivity index (χ3n) is 3.70. The van der Waals surface area contributed by atoms with Crippen molar-refractivity contribution in [2.24, 2.45) is 0 Å². The molecule has 1 aromatic carbocycles. The highest BCUT2D eigenvalue weighted by Crippen LogP contribution is 2.14. The second-order valence-corrected chi connectivity index (χ2v) is 5.43. The summed E-state index contributed by atoms with van der Waals surface area (Å²) in [7, 11) is 0. The Kier molecular flexibility index (Phi) is 3.55. The number of hydrogen-bond donors (Lipinski definition) is 3. The van der Waals surface area contributed by atoms with Gasteiger partial charge < -0.3 is 15.3 Å². The Bertz CT molecular complexity index is 954. The van der Waals surface area contributed by atoms with Gasteiger partial charge in [0.2, 0.25) is 0 Å². The third-order valence-corrected chi connectivity index (χ3v) is 3.70. The van der Waals surface area contributed by atoms with Crippen LogP contribution in [0.4, 0.5) is 5.69 Å². The zero-order chi connectivity index (χ0) is 15.7. The Morgan fingerprint density at radius 2 is 1.86 bits per heavy atom. The quantitative estimate of drug-likeness (QED) is 0.694. The Hall–Kier alpha value is -2.82. The van der Waals surface area contributed by atoms with Gasteiger partial charge in [0.1, 0.15) is 5.69 Å². The van der Waals surface area contributed by atoms with Gasteiger partial charge in [0, 0.05) is 23.8 Å². The summed E-state index contributed by atoms with van der Waals surface area (Å²) in [5.41, 5.74) is 3.52. The summed E-state index contributed by atoms with van der Waals surface area (Å²) in [6.45, 7) is 4.13. The van der Waals surface area contributed by atoms with Crippen LogP contribution in [0, 0.1) is 13.8 Å². The van der Waals surface area contributed by atoms with Crippen molar-refractivity contribution in [3.63, 3.8) is 0 Å². The normalized spacial score (nSPS) is 10.8. The summed E-state index contributed by atoms with van der Waals surface area (Å²) < 4.78 is 0. The number of aryl methyl sites for hydroxylation is 2. The van der Waals surface area contributed by atoms with Crippen molar-refractivity contribution in [1.29, 1.82) is 0 Å². The average molecular weight is 295 g/mol. The van der Waals surface area contributed by atoms with Crippen molar-refractivity contribution >= 4 is 16.6 Å². The summed E-state index contributed by atoms with van der Waals surface area (Å²) in [5, 5.41) is 4.02. The first-order chi connectivity index (χ1) is 10.5. The first-order valence-electron chi connectivity index (χ1n) is 7.09. The van der Waals surface area contributed by atoms with Crippen LogP contribution >= 0.6 is 0 Å². The van der Waals surface area contributed by atoms with Gasteiger partial charge in [0.25, 0.3) is 11.1 Å². The van der Waals surface area contributed by atoms with Crippen molar-refractivity contribution in [1.82, 2.24) is 9.97 Å². The van der Waals surface area contributed by atoms with Crippen LogP contribution in [0.3, 0.4) is 0 Å². The highest BCUT2D eigenvalue weighted by atomic mass is 16.1. The summed E-state index contributed by atoms with van der Waals surface area (Å²) in [5.74, 6) is 0. The van der Waals surface area contributed by atoms with Gasteiger partial charge in [-0.25, -0.2) is 0 Å². The van der Waals surface area contributed by atoms with E-state index in [9.17, 15) is 9.59 Å². The molecule has 3 aromatic rings. The van der Waals surface area contributed by atoms with Gasteiger partial charge in [0.05, 0.1) is 0 Å². The first kappa shape index (κ1) is 14.1. The van der Waals surface area contributed by atoms with Crippen LogP contribution in [-0.2, 0) is 6.54 Å². The van der Waals surface area contributed by atoms with E-state index in [1.807, 2.05) is 44.2 Å². The average Bonchev–Trinajstić information content (AvgIpc) is 2.47. The maximum Gasteiger partial charge on any atom is 0.271 e. The highest BCUT2D eigenvalue weighted by molar-refractivity contribution is 5.79. The molecule has 112 valence electrons. The molecule has 0 aliphatic heterocycles. The number of H-pyrrole nitrogens is 2. The molecule has 5 nitrogen and oxygen atoms in total. The molecular weight excluding hydrogens is 278 g/mol. The maximum atomic E-state index is 12.2. The molecule has 0 radical (unpaired) electrons. The molecule has 0 aliphatic rings. The molecule has 22 heavy (non-hydrogen) atoms. The van der Waals surface area contributed by atoms with E-state index in [-0.39, 0.29) is 11.1 Å². The summed E-state index contributed by atoms with van der Waals surface area (Å²) in [6.07, 6.45) is 1.61. The lowest BCUT2D eigenvalue weighted by molar-refractivity contribution is 1.06. The fourth-order valence-electron chi connectivity index (χ4n) is 2.47. The molecule has 2 aromatic heterocycles. The van der Waals surface area contributed by atoms with Crippen LogP contribution in [-0.4, -0.2) is 9.97 Å². The number of pyridine rings is 2. The minimum atomic E-state index is -0.187. The number of fused-ring (bicyclic) bond motifs is 1. The van der Waals surface area contributed by atoms with E-state index in [4.69, 9.17) is 0 Å². The molecule has 0 atom stereocenters. The van der Waals surface area contributed by atoms with Crippen molar-refractivity contribution in [3.8, 4) is 0 Å². The molecule has 0 saturated heterocycles. The maximum absolute atomic E-state index is 12.2. The molecule has 0 bridgehead atoms. The van der Waals surface area contributed by atoms with Crippen LogP contribution in [0.1, 0.15) is 16.7 Å². The molecule has 0 amide bonds. The number of anilines is 1. The molecular formula is C17H17N3O2. The van der Waals surface area contributed by atoms with Crippen LogP contribution in [0.25, 0.3) is 10.9 Å². The van der Waals surface area contributed by atoms with E-state index in [2.05, 4.69) is 15.3 Å². The van der Waals surface area contributed by atoms with Crippen molar-refractivity contribution in [3.05, 3.63) is 73.9 Å². The van der Waals surface area contributed by atoms with E-state index in [1.165, 1.54) is 0 Å². The van der Waals surface area contributed by atoms with E-state index in [0.717, 1.165) is 22.0 Å². The number of nitrogens with one attached hydrogen (secondary N) is 3. The van der Waals surface area contributed by atoms with Crippen molar-refractivity contribution in [2.45, 2.75) is 20.4 Å². The Morgan fingerprint density at radius 1 is 1.05 bits per heavy atom. The molecule has 0 saturated carbocycles. The van der Waals surface area contributed by atoms with Gasteiger partial charge in [0.15, 0.2) is 0 Å². The molecule has 5 heteroatoms. The largest absolute Gasteiger partial charge is 0.376 e. The minimum Gasteiger partial charge on any atom is -0.376 e. The number of rotatable bonds is 3. The van der Waals surface area contributed by atoms with Crippen LogP contribution in [0.15, 0.2) is 46.1 Å². The van der Waals surface area contributed by atoms with Crippen LogP contribution in [0.5, 0.6) is 0 Å². The highest BCUT2D eigenvalue weighted by Gasteiger charge is 2.06. The van der Waals surface area contributed by atoms with E-state index in [1.54, 1.807) is 6.20 Å². The monoisotopic (exact) mass is 295 g/mol. The summed E-state index contributed by atoms with van der Waals surface area (Å²) >= 11 is 0. The zero-order valence-electron chi connectivity index (χ0n) is 12.5. The molecule has 3 rings (SSSR count). The van der Waals surface area contributed by atoms with Gasteiger partial charge in [-0.2, -0.15) is 0 Å². The standard InChI is InChI=1S/C17H17N3O2/c1-10-3-4-12-8-13(16(21)20-14(12)7-10)9-19-15-11(2)5-6-18-17(15)22/h3-8,19H,9H2,1-2H3,(H,18,22)(H,20,21). The predicted molar refractivity (Wildman–Crippen MR) is 88.4 cm³/mol. The molecule has 2 heterocycles. The third kappa shape index (κ3) is 2.65. The lowest BCUT2D eigenvalue weighted by Gasteiger charge is -2.08. The smallest absolute Gasteiger partial charge is 0.271 e. The predicted octanol–water partition coefficient (Wildman–Crippen LogP) is 2.45. The van der Waals surface area contributed by atoms with Crippen LogP contribution in [0.2, 0.25) is 0 Å². The van der Waals surface area contributed by atoms with Crippen LogP contribution < -0.4 is 16.4 Å². The van der Waals surface area contributed by atoms with Gasteiger partial charge >= 0.3 is 0 Å². The molecule has 0 spiro atoms. The minimum absolute atomic E-state index is 0.143. The first-order valence-corrected chi connectivity index (χ1v) is 7.09. The number of aromatic amines is 2. The summed E-state index contributed by atoms with van der Waals surface area (Å²) in [6, 6.07) is 9.60. The Balaban J connectivity index is 1.94. The van der Waals surface area contributed by atoms with Crippen molar-refractivity contribution < 1.29 is 0 Å². The van der Waals surface area contributed by atoms with E-state index >= 15 is 0 Å². The molecule has 0 unspecified atom stereocenters. The fraction of sp³-hybridized carbons (Fsp3) is 0.176. The Labute approximate surface area is 127 Å².